The summed E-state index contributed by atoms with van der Waals surface area (Å²) in [6.07, 6.45) is 1.17. The summed E-state index contributed by atoms with van der Waals surface area (Å²) >= 11 is 0. The zero-order chi connectivity index (χ0) is 16.8. The minimum Gasteiger partial charge on any atom is -0.481 e. The molecule has 0 radical (unpaired) electrons. The van der Waals surface area contributed by atoms with Crippen molar-refractivity contribution in [3.05, 3.63) is 35.4 Å². The molecule has 0 aliphatic carbocycles. The molecule has 0 saturated carbocycles. The fourth-order valence-corrected chi connectivity index (χ4v) is 2.82. The van der Waals surface area contributed by atoms with E-state index in [2.05, 4.69) is 5.32 Å². The molecule has 22 heavy (non-hydrogen) atoms. The predicted octanol–water partition coefficient (Wildman–Crippen LogP) is 1.45. The number of hydrogen-bond donors (Lipinski definition) is 2. The number of aliphatic carboxylic acids is 1. The van der Waals surface area contributed by atoms with Crippen molar-refractivity contribution in [1.82, 2.24) is 5.32 Å². The number of carboxylic acid groups (broad SMARTS) is 1. The summed E-state index contributed by atoms with van der Waals surface area (Å²) in [7, 11) is -3.10. The lowest BCUT2D eigenvalue weighted by Gasteiger charge is -2.19. The van der Waals surface area contributed by atoms with Crippen LogP contribution in [0.15, 0.2) is 24.3 Å². The highest BCUT2D eigenvalue weighted by Crippen LogP contribution is 2.20. The highest BCUT2D eigenvalue weighted by molar-refractivity contribution is 7.90. The SMILES string of the molecule is Cc1ccccc1C(CC(=O)O)NC(=O)CCCS(C)(=O)=O. The summed E-state index contributed by atoms with van der Waals surface area (Å²) in [6, 6.07) is 6.63. The van der Waals surface area contributed by atoms with E-state index in [0.717, 1.165) is 17.4 Å². The summed E-state index contributed by atoms with van der Waals surface area (Å²) in [4.78, 5) is 22.9. The summed E-state index contributed by atoms with van der Waals surface area (Å²) < 4.78 is 22.1. The molecule has 0 aliphatic rings. The van der Waals surface area contributed by atoms with Crippen LogP contribution >= 0.6 is 0 Å². The maximum absolute atomic E-state index is 11.9. The molecule has 2 N–H and O–H groups in total. The van der Waals surface area contributed by atoms with E-state index in [4.69, 9.17) is 5.11 Å². The third kappa shape index (κ3) is 6.71. The predicted molar refractivity (Wildman–Crippen MR) is 83.3 cm³/mol. The van der Waals surface area contributed by atoms with Gasteiger partial charge in [-0.1, -0.05) is 24.3 Å². The van der Waals surface area contributed by atoms with Crippen molar-refractivity contribution >= 4 is 21.7 Å². The van der Waals surface area contributed by atoms with Crippen LogP contribution in [-0.2, 0) is 19.4 Å². The van der Waals surface area contributed by atoms with Gasteiger partial charge < -0.3 is 10.4 Å². The van der Waals surface area contributed by atoms with Gasteiger partial charge in [-0.25, -0.2) is 8.42 Å². The van der Waals surface area contributed by atoms with Gasteiger partial charge in [0.05, 0.1) is 18.2 Å². The van der Waals surface area contributed by atoms with Crippen LogP contribution in [0.4, 0.5) is 0 Å². The molecule has 0 bridgehead atoms. The summed E-state index contributed by atoms with van der Waals surface area (Å²) in [5.74, 6) is -1.42. The van der Waals surface area contributed by atoms with Crippen LogP contribution in [0.5, 0.6) is 0 Å². The van der Waals surface area contributed by atoms with Gasteiger partial charge in [0, 0.05) is 12.7 Å². The van der Waals surface area contributed by atoms with Gasteiger partial charge in [0.25, 0.3) is 0 Å². The van der Waals surface area contributed by atoms with E-state index >= 15 is 0 Å². The van der Waals surface area contributed by atoms with Crippen LogP contribution in [-0.4, -0.2) is 37.4 Å². The van der Waals surface area contributed by atoms with Crippen LogP contribution in [0, 0.1) is 6.92 Å². The zero-order valence-corrected chi connectivity index (χ0v) is 13.5. The van der Waals surface area contributed by atoms with Gasteiger partial charge >= 0.3 is 5.97 Å². The number of carbonyl (C=O) groups is 2. The summed E-state index contributed by atoms with van der Waals surface area (Å²) in [5, 5.41) is 11.7. The van der Waals surface area contributed by atoms with Gasteiger partial charge in [0.1, 0.15) is 9.84 Å². The first-order chi connectivity index (χ1) is 10.2. The molecule has 1 unspecified atom stereocenters. The fraction of sp³-hybridized carbons (Fsp3) is 0.467. The number of amides is 1. The third-order valence-electron chi connectivity index (χ3n) is 3.20. The molecule has 1 aromatic rings. The maximum Gasteiger partial charge on any atom is 0.305 e. The first kappa shape index (κ1) is 18.2. The molecule has 1 amide bonds. The summed E-state index contributed by atoms with van der Waals surface area (Å²) in [6.45, 7) is 1.85. The smallest absolute Gasteiger partial charge is 0.305 e. The molecule has 0 aromatic heterocycles. The van der Waals surface area contributed by atoms with Crippen molar-refractivity contribution < 1.29 is 23.1 Å². The molecule has 1 atom stereocenters. The lowest BCUT2D eigenvalue weighted by atomic mass is 9.98. The number of hydrogen-bond acceptors (Lipinski definition) is 4. The first-order valence-electron chi connectivity index (χ1n) is 6.93. The minimum atomic E-state index is -3.10. The van der Waals surface area contributed by atoms with Crippen molar-refractivity contribution in [1.29, 1.82) is 0 Å². The number of aryl methyl sites for hydroxylation is 1. The second-order valence-electron chi connectivity index (χ2n) is 5.31. The van der Waals surface area contributed by atoms with Crippen LogP contribution in [0.25, 0.3) is 0 Å². The molecule has 7 heteroatoms. The Hall–Kier alpha value is -1.89. The molecule has 0 aliphatic heterocycles. The Kier molecular flexibility index (Phi) is 6.55. The molecular formula is C15H21NO5S. The summed E-state index contributed by atoms with van der Waals surface area (Å²) in [5.41, 5.74) is 1.64. The molecule has 0 saturated heterocycles. The second kappa shape index (κ2) is 7.93. The monoisotopic (exact) mass is 327 g/mol. The molecule has 1 rings (SSSR count). The van der Waals surface area contributed by atoms with Crippen molar-refractivity contribution in [2.24, 2.45) is 0 Å². The Morgan fingerprint density at radius 2 is 1.91 bits per heavy atom. The Labute approximate surface area is 130 Å². The van der Waals surface area contributed by atoms with Crippen LogP contribution < -0.4 is 5.32 Å². The third-order valence-corrected chi connectivity index (χ3v) is 4.23. The van der Waals surface area contributed by atoms with Crippen LogP contribution in [0.1, 0.15) is 36.4 Å². The lowest BCUT2D eigenvalue weighted by Crippen LogP contribution is -2.30. The van der Waals surface area contributed by atoms with Gasteiger partial charge in [0.2, 0.25) is 5.91 Å². The van der Waals surface area contributed by atoms with Crippen molar-refractivity contribution in [2.45, 2.75) is 32.2 Å². The molecule has 122 valence electrons. The highest BCUT2D eigenvalue weighted by Gasteiger charge is 2.19. The van der Waals surface area contributed by atoms with E-state index in [-0.39, 0.29) is 30.9 Å². The van der Waals surface area contributed by atoms with Gasteiger partial charge in [-0.3, -0.25) is 9.59 Å². The number of benzene rings is 1. The Bertz CT molecular complexity index is 639. The number of nitrogens with one attached hydrogen (secondary N) is 1. The average Bonchev–Trinajstić information content (AvgIpc) is 2.36. The largest absolute Gasteiger partial charge is 0.481 e. The standard InChI is InChI=1S/C15H21NO5S/c1-11-6-3-4-7-12(11)13(10-15(18)19)16-14(17)8-5-9-22(2,20)21/h3-4,6-7,13H,5,8-10H2,1-2H3,(H,16,17)(H,18,19). The lowest BCUT2D eigenvalue weighted by molar-refractivity contribution is -0.137. The van der Waals surface area contributed by atoms with E-state index in [9.17, 15) is 18.0 Å². The molecule has 0 fully saturated rings. The Morgan fingerprint density at radius 1 is 1.27 bits per heavy atom. The van der Waals surface area contributed by atoms with E-state index in [0.29, 0.717) is 0 Å². The van der Waals surface area contributed by atoms with Gasteiger partial charge in [-0.2, -0.15) is 0 Å². The average molecular weight is 327 g/mol. The Morgan fingerprint density at radius 3 is 2.45 bits per heavy atom. The highest BCUT2D eigenvalue weighted by atomic mass is 32.2. The van der Waals surface area contributed by atoms with E-state index in [1.165, 1.54) is 0 Å². The van der Waals surface area contributed by atoms with E-state index < -0.39 is 21.8 Å². The van der Waals surface area contributed by atoms with Crippen LogP contribution in [0.2, 0.25) is 0 Å². The van der Waals surface area contributed by atoms with Gasteiger partial charge in [-0.05, 0) is 24.5 Å². The van der Waals surface area contributed by atoms with Crippen molar-refractivity contribution in [2.75, 3.05) is 12.0 Å². The number of sulfone groups is 1. The molecule has 0 heterocycles. The van der Waals surface area contributed by atoms with Crippen molar-refractivity contribution in [3.8, 4) is 0 Å². The normalized spacial score (nSPS) is 12.6. The van der Waals surface area contributed by atoms with E-state index in [1.54, 1.807) is 12.1 Å². The molecule has 0 spiro atoms. The topological polar surface area (TPSA) is 101 Å². The number of carboxylic acids is 1. The minimum absolute atomic E-state index is 0.0507. The fourth-order valence-electron chi connectivity index (χ4n) is 2.15. The molecular weight excluding hydrogens is 306 g/mol. The van der Waals surface area contributed by atoms with E-state index in [1.807, 2.05) is 19.1 Å². The van der Waals surface area contributed by atoms with Gasteiger partial charge in [-0.15, -0.1) is 0 Å². The van der Waals surface area contributed by atoms with Crippen LogP contribution in [0.3, 0.4) is 0 Å². The first-order valence-corrected chi connectivity index (χ1v) is 8.99. The van der Waals surface area contributed by atoms with Crippen molar-refractivity contribution in [3.63, 3.8) is 0 Å². The molecule has 1 aromatic carbocycles. The maximum atomic E-state index is 11.9. The number of carbonyl (C=O) groups excluding carboxylic acids is 1. The Balaban J connectivity index is 2.72. The van der Waals surface area contributed by atoms with Gasteiger partial charge in [0.15, 0.2) is 0 Å². The number of rotatable bonds is 8. The quantitative estimate of drug-likeness (QED) is 0.752. The second-order valence-corrected chi connectivity index (χ2v) is 7.57. The zero-order valence-electron chi connectivity index (χ0n) is 12.7. The molecule has 6 nitrogen and oxygen atoms in total.